The highest BCUT2D eigenvalue weighted by molar-refractivity contribution is 5.80. The van der Waals surface area contributed by atoms with Gasteiger partial charge >= 0.3 is 0 Å². The van der Waals surface area contributed by atoms with Gasteiger partial charge in [-0.15, -0.1) is 0 Å². The first-order valence-corrected chi connectivity index (χ1v) is 6.45. The van der Waals surface area contributed by atoms with Crippen LogP contribution < -0.4 is 5.32 Å². The Morgan fingerprint density at radius 2 is 1.59 bits per heavy atom. The molecule has 17 heavy (non-hydrogen) atoms. The van der Waals surface area contributed by atoms with Crippen molar-refractivity contribution in [1.82, 2.24) is 5.32 Å². The molecule has 0 rings (SSSR count). The minimum absolute atomic E-state index is 0.108. The van der Waals surface area contributed by atoms with Crippen molar-refractivity contribution in [3.8, 4) is 0 Å². The highest BCUT2D eigenvalue weighted by Crippen LogP contribution is 1.98. The fraction of sp³-hybridized carbons (Fsp3) is 0.923. The van der Waals surface area contributed by atoms with Crippen LogP contribution in [0.3, 0.4) is 0 Å². The first kappa shape index (κ1) is 16.6. The summed E-state index contributed by atoms with van der Waals surface area (Å²) in [5, 5.41) is 3.26. The van der Waals surface area contributed by atoms with E-state index in [1.54, 1.807) is 0 Å². The molecular formula is C13H27NO3. The second-order valence-electron chi connectivity index (χ2n) is 4.70. The molecule has 0 aliphatic carbocycles. The molecule has 102 valence electrons. The maximum atomic E-state index is 11.3. The first-order valence-electron chi connectivity index (χ1n) is 6.45. The van der Waals surface area contributed by atoms with Crippen molar-refractivity contribution in [2.45, 2.75) is 40.2 Å². The van der Waals surface area contributed by atoms with Gasteiger partial charge in [0.1, 0.15) is 5.78 Å². The molecule has 0 spiro atoms. The number of nitrogens with one attached hydrogen (secondary N) is 1. The van der Waals surface area contributed by atoms with E-state index in [-0.39, 0.29) is 11.7 Å². The summed E-state index contributed by atoms with van der Waals surface area (Å²) in [5.74, 6) is 0.365. The molecular weight excluding hydrogens is 218 g/mol. The van der Waals surface area contributed by atoms with E-state index >= 15 is 0 Å². The summed E-state index contributed by atoms with van der Waals surface area (Å²) >= 11 is 0. The summed E-state index contributed by atoms with van der Waals surface area (Å²) in [4.78, 5) is 11.3. The number of Topliss-reactive ketones (excluding diaryl/α,β-unsaturated/α-hetero) is 1. The second kappa shape index (κ2) is 10.7. The van der Waals surface area contributed by atoms with Gasteiger partial charge in [0.05, 0.1) is 26.4 Å². The van der Waals surface area contributed by atoms with E-state index in [0.717, 1.165) is 6.54 Å². The molecule has 0 aromatic rings. The summed E-state index contributed by atoms with van der Waals surface area (Å²) in [6.45, 7) is 11.3. The fourth-order valence-corrected chi connectivity index (χ4v) is 1.20. The third-order valence-corrected chi connectivity index (χ3v) is 2.31. The van der Waals surface area contributed by atoms with Gasteiger partial charge in [-0.25, -0.2) is 0 Å². The topological polar surface area (TPSA) is 47.6 Å². The molecule has 0 amide bonds. The Kier molecular flexibility index (Phi) is 10.4. The molecule has 0 saturated heterocycles. The molecule has 0 fully saturated rings. The van der Waals surface area contributed by atoms with Gasteiger partial charge in [-0.3, -0.25) is 4.79 Å². The molecule has 4 heteroatoms. The Balaban J connectivity index is 3.11. The van der Waals surface area contributed by atoms with Crippen molar-refractivity contribution in [1.29, 1.82) is 0 Å². The van der Waals surface area contributed by atoms with Crippen LogP contribution in [-0.2, 0) is 14.3 Å². The van der Waals surface area contributed by atoms with Crippen LogP contribution in [0.2, 0.25) is 0 Å². The lowest BCUT2D eigenvalue weighted by Gasteiger charge is -2.09. The van der Waals surface area contributed by atoms with Crippen molar-refractivity contribution >= 4 is 5.78 Å². The molecule has 0 aliphatic heterocycles. The summed E-state index contributed by atoms with van der Waals surface area (Å²) in [5.41, 5.74) is 0. The molecule has 0 aromatic carbocycles. The van der Waals surface area contributed by atoms with Gasteiger partial charge in [-0.05, 0) is 0 Å². The highest BCUT2D eigenvalue weighted by Gasteiger charge is 2.05. The average molecular weight is 245 g/mol. The third-order valence-electron chi connectivity index (χ3n) is 2.31. The number of hydrogen-bond acceptors (Lipinski definition) is 4. The maximum Gasteiger partial charge on any atom is 0.137 e. The van der Waals surface area contributed by atoms with Crippen LogP contribution >= 0.6 is 0 Å². The normalized spacial score (nSPS) is 11.4. The molecule has 0 aliphatic rings. The Hall–Kier alpha value is -0.450. The number of ketones is 1. The zero-order chi connectivity index (χ0) is 13.1. The number of ether oxygens (including phenoxy) is 2. The lowest BCUT2D eigenvalue weighted by molar-refractivity contribution is -0.123. The molecule has 0 aromatic heterocycles. The molecule has 0 radical (unpaired) electrons. The van der Waals surface area contributed by atoms with Crippen LogP contribution in [0.4, 0.5) is 0 Å². The van der Waals surface area contributed by atoms with Crippen molar-refractivity contribution in [2.75, 3.05) is 33.0 Å². The molecule has 0 unspecified atom stereocenters. The maximum absolute atomic E-state index is 11.3. The molecule has 0 saturated carbocycles. The van der Waals surface area contributed by atoms with E-state index in [0.29, 0.717) is 38.9 Å². The molecule has 0 heterocycles. The van der Waals surface area contributed by atoms with Crippen LogP contribution in [0.5, 0.6) is 0 Å². The Morgan fingerprint density at radius 1 is 1.00 bits per heavy atom. The Morgan fingerprint density at radius 3 is 2.12 bits per heavy atom. The van der Waals surface area contributed by atoms with Gasteiger partial charge in [0.15, 0.2) is 0 Å². The lowest BCUT2D eigenvalue weighted by atomic mass is 10.1. The minimum atomic E-state index is 0.108. The third kappa shape index (κ3) is 11.8. The molecule has 1 N–H and O–H groups in total. The van der Waals surface area contributed by atoms with Gasteiger partial charge in [-0.1, -0.05) is 27.7 Å². The monoisotopic (exact) mass is 245 g/mol. The summed E-state index contributed by atoms with van der Waals surface area (Å²) in [6, 6.07) is 0.497. The van der Waals surface area contributed by atoms with Crippen molar-refractivity contribution in [2.24, 2.45) is 5.92 Å². The van der Waals surface area contributed by atoms with Gasteiger partial charge in [-0.2, -0.15) is 0 Å². The smallest absolute Gasteiger partial charge is 0.137 e. The molecule has 4 nitrogen and oxygen atoms in total. The SMILES string of the molecule is CC(C)NCCOCCOCCC(=O)C(C)C. The second-order valence-corrected chi connectivity index (χ2v) is 4.70. The van der Waals surface area contributed by atoms with Crippen LogP contribution in [0.15, 0.2) is 0 Å². The highest BCUT2D eigenvalue weighted by atomic mass is 16.5. The van der Waals surface area contributed by atoms with E-state index in [4.69, 9.17) is 9.47 Å². The van der Waals surface area contributed by atoms with Crippen LogP contribution in [0, 0.1) is 5.92 Å². The van der Waals surface area contributed by atoms with E-state index in [1.165, 1.54) is 0 Å². The van der Waals surface area contributed by atoms with Gasteiger partial charge < -0.3 is 14.8 Å². The van der Waals surface area contributed by atoms with Crippen molar-refractivity contribution < 1.29 is 14.3 Å². The fourth-order valence-electron chi connectivity index (χ4n) is 1.20. The predicted molar refractivity (Wildman–Crippen MR) is 69.2 cm³/mol. The lowest BCUT2D eigenvalue weighted by Crippen LogP contribution is -2.27. The van der Waals surface area contributed by atoms with Gasteiger partial charge in [0.2, 0.25) is 0 Å². The minimum Gasteiger partial charge on any atom is -0.379 e. The predicted octanol–water partition coefficient (Wildman–Crippen LogP) is 1.63. The van der Waals surface area contributed by atoms with Crippen molar-refractivity contribution in [3.63, 3.8) is 0 Å². The van der Waals surface area contributed by atoms with Crippen LogP contribution in [0.1, 0.15) is 34.1 Å². The summed E-state index contributed by atoms with van der Waals surface area (Å²) in [6.07, 6.45) is 0.507. The number of hydrogen-bond donors (Lipinski definition) is 1. The summed E-state index contributed by atoms with van der Waals surface area (Å²) < 4.78 is 10.7. The van der Waals surface area contributed by atoms with Crippen LogP contribution in [-0.4, -0.2) is 44.8 Å². The molecule has 0 bridgehead atoms. The molecule has 0 atom stereocenters. The van der Waals surface area contributed by atoms with Gasteiger partial charge in [0, 0.05) is 24.9 Å². The Labute approximate surface area is 105 Å². The average Bonchev–Trinajstić information content (AvgIpc) is 2.25. The Bertz CT molecular complexity index is 193. The standard InChI is InChI=1S/C13H27NO3/c1-11(2)13(15)5-7-16-9-10-17-8-6-14-12(3)4/h11-12,14H,5-10H2,1-4H3. The summed E-state index contributed by atoms with van der Waals surface area (Å²) in [7, 11) is 0. The van der Waals surface area contributed by atoms with E-state index < -0.39 is 0 Å². The zero-order valence-electron chi connectivity index (χ0n) is 11.6. The van der Waals surface area contributed by atoms with E-state index in [1.807, 2.05) is 13.8 Å². The van der Waals surface area contributed by atoms with Crippen LogP contribution in [0.25, 0.3) is 0 Å². The zero-order valence-corrected chi connectivity index (χ0v) is 11.6. The quantitative estimate of drug-likeness (QED) is 0.562. The first-order chi connectivity index (χ1) is 8.04. The van der Waals surface area contributed by atoms with E-state index in [9.17, 15) is 4.79 Å². The van der Waals surface area contributed by atoms with Crippen molar-refractivity contribution in [3.05, 3.63) is 0 Å². The van der Waals surface area contributed by atoms with Gasteiger partial charge in [0.25, 0.3) is 0 Å². The number of carbonyl (C=O) groups is 1. The largest absolute Gasteiger partial charge is 0.379 e. The number of rotatable bonds is 11. The number of carbonyl (C=O) groups excluding carboxylic acids is 1. The van der Waals surface area contributed by atoms with E-state index in [2.05, 4.69) is 19.2 Å².